The standard InChI is InChI=1S/C14H20N2O2/c1-9-8-11(15)4-5-12(9)13(17)16-14(3)6-7-18-10(14)2/h4-5,8,10H,6-7,15H2,1-3H3,(H,16,17). The van der Waals surface area contributed by atoms with Crippen LogP contribution in [0.4, 0.5) is 5.69 Å². The number of benzene rings is 1. The van der Waals surface area contributed by atoms with E-state index in [4.69, 9.17) is 10.5 Å². The van der Waals surface area contributed by atoms with Crippen molar-refractivity contribution < 1.29 is 9.53 Å². The van der Waals surface area contributed by atoms with Gasteiger partial charge in [-0.2, -0.15) is 0 Å². The summed E-state index contributed by atoms with van der Waals surface area (Å²) >= 11 is 0. The van der Waals surface area contributed by atoms with Gasteiger partial charge in [-0.1, -0.05) is 0 Å². The van der Waals surface area contributed by atoms with E-state index in [0.29, 0.717) is 17.9 Å². The van der Waals surface area contributed by atoms with Crippen molar-refractivity contribution in [3.63, 3.8) is 0 Å². The number of hydrogen-bond donors (Lipinski definition) is 2. The number of rotatable bonds is 2. The van der Waals surface area contributed by atoms with Crippen molar-refractivity contribution in [2.24, 2.45) is 0 Å². The van der Waals surface area contributed by atoms with E-state index in [1.807, 2.05) is 26.8 Å². The molecule has 0 aromatic heterocycles. The van der Waals surface area contributed by atoms with E-state index < -0.39 is 0 Å². The van der Waals surface area contributed by atoms with Crippen LogP contribution in [0, 0.1) is 6.92 Å². The van der Waals surface area contributed by atoms with Gasteiger partial charge in [-0.3, -0.25) is 4.79 Å². The monoisotopic (exact) mass is 248 g/mol. The van der Waals surface area contributed by atoms with E-state index in [-0.39, 0.29) is 17.6 Å². The highest BCUT2D eigenvalue weighted by atomic mass is 16.5. The zero-order valence-electron chi connectivity index (χ0n) is 11.1. The third-order valence-electron chi connectivity index (χ3n) is 3.78. The molecule has 1 fully saturated rings. The van der Waals surface area contributed by atoms with Crippen LogP contribution >= 0.6 is 0 Å². The molecule has 0 aliphatic carbocycles. The molecule has 3 N–H and O–H groups in total. The van der Waals surface area contributed by atoms with Crippen LogP contribution in [0.5, 0.6) is 0 Å². The topological polar surface area (TPSA) is 64.4 Å². The molecular weight excluding hydrogens is 228 g/mol. The normalized spacial score (nSPS) is 27.2. The van der Waals surface area contributed by atoms with Crippen LogP contribution in [-0.2, 0) is 4.74 Å². The first-order valence-corrected chi connectivity index (χ1v) is 6.22. The summed E-state index contributed by atoms with van der Waals surface area (Å²) in [7, 11) is 0. The van der Waals surface area contributed by atoms with E-state index in [1.165, 1.54) is 0 Å². The number of ether oxygens (including phenoxy) is 1. The smallest absolute Gasteiger partial charge is 0.252 e. The van der Waals surface area contributed by atoms with Gasteiger partial charge in [-0.15, -0.1) is 0 Å². The Hall–Kier alpha value is -1.55. The average Bonchev–Trinajstić information content (AvgIpc) is 2.58. The van der Waals surface area contributed by atoms with E-state index in [2.05, 4.69) is 5.32 Å². The first-order valence-electron chi connectivity index (χ1n) is 6.22. The second-order valence-electron chi connectivity index (χ2n) is 5.21. The maximum Gasteiger partial charge on any atom is 0.252 e. The molecule has 1 saturated heterocycles. The van der Waals surface area contributed by atoms with Gasteiger partial charge in [0.05, 0.1) is 11.6 Å². The number of aryl methyl sites for hydroxylation is 1. The second kappa shape index (κ2) is 4.61. The Morgan fingerprint density at radius 1 is 1.56 bits per heavy atom. The lowest BCUT2D eigenvalue weighted by molar-refractivity contribution is 0.0727. The molecule has 2 atom stereocenters. The van der Waals surface area contributed by atoms with Gasteiger partial charge in [0.25, 0.3) is 5.91 Å². The molecule has 1 heterocycles. The summed E-state index contributed by atoms with van der Waals surface area (Å²) in [4.78, 5) is 12.3. The Labute approximate surface area is 108 Å². The Bertz CT molecular complexity index is 473. The summed E-state index contributed by atoms with van der Waals surface area (Å²) in [6.45, 7) is 6.60. The highest BCUT2D eigenvalue weighted by Crippen LogP contribution is 2.26. The minimum Gasteiger partial charge on any atom is -0.399 e. The quantitative estimate of drug-likeness (QED) is 0.785. The molecule has 1 aliphatic rings. The minimum absolute atomic E-state index is 0.0375. The average molecular weight is 248 g/mol. The second-order valence-corrected chi connectivity index (χ2v) is 5.21. The van der Waals surface area contributed by atoms with E-state index in [1.54, 1.807) is 12.1 Å². The van der Waals surface area contributed by atoms with Gasteiger partial charge in [-0.05, 0) is 51.0 Å². The van der Waals surface area contributed by atoms with Crippen molar-refractivity contribution in [1.29, 1.82) is 0 Å². The predicted molar refractivity (Wildman–Crippen MR) is 71.5 cm³/mol. The van der Waals surface area contributed by atoms with Crippen molar-refractivity contribution in [3.8, 4) is 0 Å². The molecule has 98 valence electrons. The molecular formula is C14H20N2O2. The number of anilines is 1. The maximum atomic E-state index is 12.3. The minimum atomic E-state index is -0.287. The predicted octanol–water partition coefficient (Wildman–Crippen LogP) is 1.87. The summed E-state index contributed by atoms with van der Waals surface area (Å²) in [5, 5.41) is 3.08. The Morgan fingerprint density at radius 2 is 2.28 bits per heavy atom. The first-order chi connectivity index (χ1) is 8.42. The zero-order chi connectivity index (χ0) is 13.3. The molecule has 0 spiro atoms. The van der Waals surface area contributed by atoms with Crippen LogP contribution in [0.15, 0.2) is 18.2 Å². The molecule has 1 aromatic rings. The van der Waals surface area contributed by atoms with Gasteiger partial charge in [0.15, 0.2) is 0 Å². The Kier molecular flexibility index (Phi) is 3.30. The number of carbonyl (C=O) groups excluding carboxylic acids is 1. The molecule has 1 aliphatic heterocycles. The number of nitrogens with two attached hydrogens (primary N) is 1. The van der Waals surface area contributed by atoms with Crippen LogP contribution in [-0.4, -0.2) is 24.2 Å². The SMILES string of the molecule is Cc1cc(N)ccc1C(=O)NC1(C)CCOC1C. The third-order valence-corrected chi connectivity index (χ3v) is 3.78. The molecule has 0 bridgehead atoms. The Balaban J connectivity index is 2.17. The number of carbonyl (C=O) groups is 1. The molecule has 4 nitrogen and oxygen atoms in total. The van der Waals surface area contributed by atoms with Crippen LogP contribution in [0.1, 0.15) is 36.2 Å². The van der Waals surface area contributed by atoms with Crippen molar-refractivity contribution in [1.82, 2.24) is 5.32 Å². The van der Waals surface area contributed by atoms with Gasteiger partial charge in [0.2, 0.25) is 0 Å². The summed E-state index contributed by atoms with van der Waals surface area (Å²) in [5.74, 6) is -0.0626. The van der Waals surface area contributed by atoms with Gasteiger partial charge in [0, 0.05) is 17.9 Å². The lowest BCUT2D eigenvalue weighted by Gasteiger charge is -2.29. The highest BCUT2D eigenvalue weighted by Gasteiger charge is 2.38. The fourth-order valence-electron chi connectivity index (χ4n) is 2.27. The van der Waals surface area contributed by atoms with Crippen molar-refractivity contribution >= 4 is 11.6 Å². The molecule has 1 amide bonds. The summed E-state index contributed by atoms with van der Waals surface area (Å²) < 4.78 is 5.52. The Morgan fingerprint density at radius 3 is 2.83 bits per heavy atom. The number of hydrogen-bond acceptors (Lipinski definition) is 3. The fraction of sp³-hybridized carbons (Fsp3) is 0.500. The lowest BCUT2D eigenvalue weighted by Crippen LogP contribution is -2.50. The van der Waals surface area contributed by atoms with E-state index in [9.17, 15) is 4.79 Å². The van der Waals surface area contributed by atoms with Crippen LogP contribution in [0.2, 0.25) is 0 Å². The molecule has 2 unspecified atom stereocenters. The van der Waals surface area contributed by atoms with Gasteiger partial charge in [-0.25, -0.2) is 0 Å². The number of amides is 1. The van der Waals surface area contributed by atoms with Crippen LogP contribution < -0.4 is 11.1 Å². The maximum absolute atomic E-state index is 12.3. The molecule has 0 radical (unpaired) electrons. The largest absolute Gasteiger partial charge is 0.399 e. The van der Waals surface area contributed by atoms with Crippen LogP contribution in [0.25, 0.3) is 0 Å². The zero-order valence-corrected chi connectivity index (χ0v) is 11.1. The van der Waals surface area contributed by atoms with Crippen molar-refractivity contribution in [3.05, 3.63) is 29.3 Å². The summed E-state index contributed by atoms with van der Waals surface area (Å²) in [6.07, 6.45) is 0.879. The molecule has 4 heteroatoms. The van der Waals surface area contributed by atoms with Crippen molar-refractivity contribution in [2.45, 2.75) is 38.8 Å². The number of nitrogens with one attached hydrogen (secondary N) is 1. The highest BCUT2D eigenvalue weighted by molar-refractivity contribution is 5.96. The van der Waals surface area contributed by atoms with Crippen LogP contribution in [0.3, 0.4) is 0 Å². The molecule has 2 rings (SSSR count). The van der Waals surface area contributed by atoms with Gasteiger partial charge >= 0.3 is 0 Å². The third kappa shape index (κ3) is 2.34. The summed E-state index contributed by atoms with van der Waals surface area (Å²) in [5.41, 5.74) is 7.64. The molecule has 1 aromatic carbocycles. The molecule has 0 saturated carbocycles. The lowest BCUT2D eigenvalue weighted by atomic mass is 9.93. The van der Waals surface area contributed by atoms with Gasteiger partial charge < -0.3 is 15.8 Å². The van der Waals surface area contributed by atoms with E-state index in [0.717, 1.165) is 12.0 Å². The fourth-order valence-corrected chi connectivity index (χ4v) is 2.27. The first kappa shape index (κ1) is 12.9. The van der Waals surface area contributed by atoms with Gasteiger partial charge in [0.1, 0.15) is 0 Å². The molecule has 18 heavy (non-hydrogen) atoms. The van der Waals surface area contributed by atoms with E-state index >= 15 is 0 Å². The number of nitrogen functional groups attached to an aromatic ring is 1. The van der Waals surface area contributed by atoms with Crippen molar-refractivity contribution in [2.75, 3.05) is 12.3 Å². The summed E-state index contributed by atoms with van der Waals surface area (Å²) in [6, 6.07) is 5.33.